The van der Waals surface area contributed by atoms with Crippen LogP contribution in [0.1, 0.15) is 31.7 Å². The molecule has 3 aromatic rings. The number of methoxy groups -OCH3 is 1. The Kier molecular flexibility index (Phi) is 6.41. The van der Waals surface area contributed by atoms with Crippen LogP contribution in [-0.2, 0) is 13.0 Å². The lowest BCUT2D eigenvalue weighted by Gasteiger charge is -2.14. The van der Waals surface area contributed by atoms with Crippen molar-refractivity contribution < 1.29 is 9.47 Å². The molecule has 0 aliphatic rings. The fourth-order valence-corrected chi connectivity index (χ4v) is 2.97. The van der Waals surface area contributed by atoms with Crippen molar-refractivity contribution in [1.82, 2.24) is 14.5 Å². The molecule has 0 amide bonds. The Morgan fingerprint density at radius 3 is 2.67 bits per heavy atom. The largest absolute Gasteiger partial charge is 0.493 e. The number of aryl methyl sites for hydroxylation is 2. The summed E-state index contributed by atoms with van der Waals surface area (Å²) in [5.74, 6) is 1.14. The molecule has 2 heterocycles. The lowest BCUT2D eigenvalue weighted by Crippen LogP contribution is -2.22. The third kappa shape index (κ3) is 4.45. The van der Waals surface area contributed by atoms with Gasteiger partial charge in [-0.05, 0) is 42.7 Å². The van der Waals surface area contributed by atoms with E-state index in [1.807, 2.05) is 12.1 Å². The quantitative estimate of drug-likeness (QED) is 0.541. The van der Waals surface area contributed by atoms with E-state index >= 15 is 0 Å². The summed E-state index contributed by atoms with van der Waals surface area (Å²) in [5.41, 5.74) is 1.61. The first-order valence-electron chi connectivity index (χ1n) is 9.32. The van der Waals surface area contributed by atoms with Crippen LogP contribution in [0.5, 0.6) is 11.5 Å². The van der Waals surface area contributed by atoms with Gasteiger partial charge in [0.15, 0.2) is 11.5 Å². The van der Waals surface area contributed by atoms with Crippen molar-refractivity contribution >= 4 is 10.9 Å². The molecule has 0 unspecified atom stereocenters. The molecule has 0 fully saturated rings. The number of ether oxygens (including phenoxy) is 2. The molecule has 0 radical (unpaired) electrons. The molecule has 6 nitrogen and oxygen atoms in total. The standard InChI is InChI=1S/C21H25N3O3/c1-3-4-5-14-27-20-18(26-2)7-6-17-19(20)23-15-24(21(17)25)13-10-16-8-11-22-12-9-16/h6-9,11-12,15H,3-5,10,13-14H2,1-2H3. The number of rotatable bonds is 9. The number of unbranched alkanes of at least 4 members (excludes halogenated alkanes) is 2. The molecule has 0 aliphatic carbocycles. The van der Waals surface area contributed by atoms with E-state index in [4.69, 9.17) is 9.47 Å². The maximum absolute atomic E-state index is 12.9. The average Bonchev–Trinajstić information content (AvgIpc) is 2.71. The van der Waals surface area contributed by atoms with E-state index in [0.29, 0.717) is 35.6 Å². The zero-order chi connectivity index (χ0) is 19.1. The van der Waals surface area contributed by atoms with Gasteiger partial charge in [0, 0.05) is 18.9 Å². The first-order valence-corrected chi connectivity index (χ1v) is 9.32. The Morgan fingerprint density at radius 1 is 1.11 bits per heavy atom. The molecule has 1 aromatic carbocycles. The van der Waals surface area contributed by atoms with Crippen LogP contribution in [0.3, 0.4) is 0 Å². The van der Waals surface area contributed by atoms with Crippen molar-refractivity contribution in [3.05, 3.63) is 58.9 Å². The summed E-state index contributed by atoms with van der Waals surface area (Å²) in [6.07, 6.45) is 9.02. The number of aromatic nitrogens is 3. The van der Waals surface area contributed by atoms with Crippen LogP contribution >= 0.6 is 0 Å². The van der Waals surface area contributed by atoms with Crippen LogP contribution in [0.15, 0.2) is 47.8 Å². The summed E-state index contributed by atoms with van der Waals surface area (Å²) in [5, 5.41) is 0.540. The van der Waals surface area contributed by atoms with E-state index in [2.05, 4.69) is 16.9 Å². The van der Waals surface area contributed by atoms with Gasteiger partial charge in [0.05, 0.1) is 25.4 Å². The lowest BCUT2D eigenvalue weighted by molar-refractivity contribution is 0.289. The number of nitrogens with zero attached hydrogens (tertiary/aromatic N) is 3. The molecule has 0 saturated heterocycles. The van der Waals surface area contributed by atoms with Gasteiger partial charge in [0.2, 0.25) is 0 Å². The monoisotopic (exact) mass is 367 g/mol. The van der Waals surface area contributed by atoms with Crippen molar-refractivity contribution in [2.75, 3.05) is 13.7 Å². The van der Waals surface area contributed by atoms with E-state index in [-0.39, 0.29) is 5.56 Å². The van der Waals surface area contributed by atoms with Crippen LogP contribution in [-0.4, -0.2) is 28.3 Å². The molecular weight excluding hydrogens is 342 g/mol. The highest BCUT2D eigenvalue weighted by molar-refractivity contribution is 5.86. The molecule has 0 atom stereocenters. The van der Waals surface area contributed by atoms with Gasteiger partial charge in [-0.25, -0.2) is 4.98 Å². The zero-order valence-corrected chi connectivity index (χ0v) is 15.9. The smallest absolute Gasteiger partial charge is 0.261 e. The van der Waals surface area contributed by atoms with Gasteiger partial charge in [-0.2, -0.15) is 0 Å². The molecule has 0 saturated carbocycles. The number of fused-ring (bicyclic) bond motifs is 1. The van der Waals surface area contributed by atoms with Gasteiger partial charge >= 0.3 is 0 Å². The highest BCUT2D eigenvalue weighted by atomic mass is 16.5. The number of hydrogen-bond acceptors (Lipinski definition) is 5. The molecule has 2 aromatic heterocycles. The third-order valence-corrected chi connectivity index (χ3v) is 4.52. The van der Waals surface area contributed by atoms with Gasteiger partial charge in [-0.15, -0.1) is 0 Å². The van der Waals surface area contributed by atoms with E-state index in [9.17, 15) is 4.79 Å². The van der Waals surface area contributed by atoms with Gasteiger partial charge in [0.1, 0.15) is 5.52 Å². The molecule has 6 heteroatoms. The van der Waals surface area contributed by atoms with Crippen LogP contribution in [0.25, 0.3) is 10.9 Å². The van der Waals surface area contributed by atoms with E-state index in [1.54, 1.807) is 42.5 Å². The molecule has 0 N–H and O–H groups in total. The van der Waals surface area contributed by atoms with Gasteiger partial charge in [-0.3, -0.25) is 14.3 Å². The Morgan fingerprint density at radius 2 is 1.93 bits per heavy atom. The topological polar surface area (TPSA) is 66.2 Å². The maximum Gasteiger partial charge on any atom is 0.261 e. The Hall–Kier alpha value is -2.89. The minimum atomic E-state index is -0.0740. The molecule has 3 rings (SSSR count). The van der Waals surface area contributed by atoms with Crippen LogP contribution < -0.4 is 15.0 Å². The first-order chi connectivity index (χ1) is 13.2. The highest BCUT2D eigenvalue weighted by Crippen LogP contribution is 2.33. The second-order valence-electron chi connectivity index (χ2n) is 6.40. The minimum Gasteiger partial charge on any atom is -0.493 e. The van der Waals surface area contributed by atoms with Crippen molar-refractivity contribution in [2.24, 2.45) is 0 Å². The van der Waals surface area contributed by atoms with Gasteiger partial charge < -0.3 is 9.47 Å². The summed E-state index contributed by atoms with van der Waals surface area (Å²) in [6.45, 7) is 3.29. The summed E-state index contributed by atoms with van der Waals surface area (Å²) < 4.78 is 13.0. The SMILES string of the molecule is CCCCCOc1c(OC)ccc2c(=O)n(CCc3ccncc3)cnc12. The van der Waals surface area contributed by atoms with Crippen molar-refractivity contribution in [2.45, 2.75) is 39.2 Å². The Labute approximate surface area is 158 Å². The fraction of sp³-hybridized carbons (Fsp3) is 0.381. The molecule has 142 valence electrons. The first kappa shape index (κ1) is 18.9. The lowest BCUT2D eigenvalue weighted by atomic mass is 10.2. The Bertz CT molecular complexity index is 939. The fourth-order valence-electron chi connectivity index (χ4n) is 2.97. The predicted octanol–water partition coefficient (Wildman–Crippen LogP) is 3.61. The van der Waals surface area contributed by atoms with Crippen LogP contribution in [0, 0.1) is 0 Å². The molecule has 0 aliphatic heterocycles. The number of pyridine rings is 1. The summed E-state index contributed by atoms with van der Waals surface area (Å²) >= 11 is 0. The van der Waals surface area contributed by atoms with Crippen molar-refractivity contribution in [3.63, 3.8) is 0 Å². The zero-order valence-electron chi connectivity index (χ0n) is 15.9. The maximum atomic E-state index is 12.9. The number of benzene rings is 1. The predicted molar refractivity (Wildman–Crippen MR) is 106 cm³/mol. The van der Waals surface area contributed by atoms with Crippen molar-refractivity contribution in [3.8, 4) is 11.5 Å². The summed E-state index contributed by atoms with van der Waals surface area (Å²) in [4.78, 5) is 21.4. The van der Waals surface area contributed by atoms with Gasteiger partial charge in [-0.1, -0.05) is 19.8 Å². The van der Waals surface area contributed by atoms with E-state index in [1.165, 1.54) is 0 Å². The normalized spacial score (nSPS) is 10.9. The summed E-state index contributed by atoms with van der Waals surface area (Å²) in [7, 11) is 1.59. The Balaban J connectivity index is 1.87. The highest BCUT2D eigenvalue weighted by Gasteiger charge is 2.14. The molecular formula is C21H25N3O3. The number of hydrogen-bond donors (Lipinski definition) is 0. The molecule has 27 heavy (non-hydrogen) atoms. The summed E-state index contributed by atoms with van der Waals surface area (Å²) in [6, 6.07) is 7.43. The molecule has 0 spiro atoms. The van der Waals surface area contributed by atoms with Crippen LogP contribution in [0.2, 0.25) is 0 Å². The minimum absolute atomic E-state index is 0.0740. The van der Waals surface area contributed by atoms with Gasteiger partial charge in [0.25, 0.3) is 5.56 Å². The van der Waals surface area contributed by atoms with Crippen LogP contribution in [0.4, 0.5) is 0 Å². The van der Waals surface area contributed by atoms with E-state index in [0.717, 1.165) is 31.2 Å². The van der Waals surface area contributed by atoms with Crippen molar-refractivity contribution in [1.29, 1.82) is 0 Å². The molecule has 0 bridgehead atoms. The second-order valence-corrected chi connectivity index (χ2v) is 6.40. The average molecular weight is 367 g/mol. The third-order valence-electron chi connectivity index (χ3n) is 4.52. The second kappa shape index (κ2) is 9.16. The van der Waals surface area contributed by atoms with E-state index < -0.39 is 0 Å².